The number of anilines is 1. The lowest BCUT2D eigenvalue weighted by Crippen LogP contribution is -2.00. The highest BCUT2D eigenvalue weighted by Gasteiger charge is 2.15. The smallest absolute Gasteiger partial charge is 0.0519 e. The Morgan fingerprint density at radius 3 is 3.15 bits per heavy atom. The molecule has 1 aromatic carbocycles. The van der Waals surface area contributed by atoms with Gasteiger partial charge in [0.2, 0.25) is 0 Å². The fraction of sp³-hybridized carbons (Fsp3) is 0.455. The summed E-state index contributed by atoms with van der Waals surface area (Å²) < 4.78 is 1.19. The fourth-order valence-corrected chi connectivity index (χ4v) is 2.44. The second kappa shape index (κ2) is 3.70. The molecule has 0 fully saturated rings. The van der Waals surface area contributed by atoms with Crippen LogP contribution >= 0.6 is 15.9 Å². The fourth-order valence-electron chi connectivity index (χ4n) is 1.92. The van der Waals surface area contributed by atoms with E-state index in [4.69, 9.17) is 0 Å². The van der Waals surface area contributed by atoms with E-state index in [0.717, 1.165) is 6.54 Å². The van der Waals surface area contributed by atoms with Crippen LogP contribution in [0.15, 0.2) is 22.7 Å². The van der Waals surface area contributed by atoms with Crippen LogP contribution in [-0.4, -0.2) is 6.54 Å². The normalized spacial score (nSPS) is 21.5. The van der Waals surface area contributed by atoms with Gasteiger partial charge in [0.1, 0.15) is 0 Å². The maximum atomic E-state index is 3.58. The lowest BCUT2D eigenvalue weighted by Gasteiger charge is -2.13. The molecule has 1 aliphatic heterocycles. The van der Waals surface area contributed by atoms with E-state index in [0.29, 0.717) is 5.92 Å². The Kier molecular flexibility index (Phi) is 2.58. The van der Waals surface area contributed by atoms with E-state index in [-0.39, 0.29) is 0 Å². The molecule has 1 atom stereocenters. The highest BCUT2D eigenvalue weighted by Crippen LogP contribution is 2.35. The third kappa shape index (κ3) is 1.73. The molecule has 0 saturated carbocycles. The van der Waals surface area contributed by atoms with Crippen LogP contribution in [0.5, 0.6) is 0 Å². The predicted molar refractivity (Wildman–Crippen MR) is 60.3 cm³/mol. The molecule has 1 heterocycles. The van der Waals surface area contributed by atoms with Crippen molar-refractivity contribution in [1.29, 1.82) is 0 Å². The Bertz CT molecular complexity index is 309. The maximum Gasteiger partial charge on any atom is 0.0519 e. The van der Waals surface area contributed by atoms with E-state index in [9.17, 15) is 0 Å². The van der Waals surface area contributed by atoms with Gasteiger partial charge in [-0.25, -0.2) is 0 Å². The average molecular weight is 240 g/mol. The van der Waals surface area contributed by atoms with E-state index < -0.39 is 0 Å². The van der Waals surface area contributed by atoms with Gasteiger partial charge in [0, 0.05) is 11.0 Å². The van der Waals surface area contributed by atoms with Crippen LogP contribution in [0.1, 0.15) is 31.2 Å². The molecule has 2 rings (SSSR count). The van der Waals surface area contributed by atoms with Crippen molar-refractivity contribution in [1.82, 2.24) is 0 Å². The van der Waals surface area contributed by atoms with Crippen molar-refractivity contribution >= 4 is 21.6 Å². The summed E-state index contributed by atoms with van der Waals surface area (Å²) in [6.07, 6.45) is 2.55. The van der Waals surface area contributed by atoms with Gasteiger partial charge in [0.15, 0.2) is 0 Å². The number of halogens is 1. The lowest BCUT2D eigenvalue weighted by atomic mass is 9.96. The van der Waals surface area contributed by atoms with Crippen molar-refractivity contribution in [3.63, 3.8) is 0 Å². The van der Waals surface area contributed by atoms with Crippen molar-refractivity contribution in [3.05, 3.63) is 28.2 Å². The van der Waals surface area contributed by atoms with E-state index in [2.05, 4.69) is 46.4 Å². The molecule has 0 saturated heterocycles. The second-order valence-electron chi connectivity index (χ2n) is 3.67. The van der Waals surface area contributed by atoms with Gasteiger partial charge in [0.25, 0.3) is 0 Å². The van der Waals surface area contributed by atoms with E-state index >= 15 is 0 Å². The summed E-state index contributed by atoms with van der Waals surface area (Å²) in [5.41, 5.74) is 2.75. The highest BCUT2D eigenvalue weighted by molar-refractivity contribution is 9.10. The molecule has 0 bridgehead atoms. The maximum absolute atomic E-state index is 3.58. The monoisotopic (exact) mass is 239 g/mol. The largest absolute Gasteiger partial charge is 0.384 e. The van der Waals surface area contributed by atoms with Gasteiger partial charge >= 0.3 is 0 Å². The Hall–Kier alpha value is -0.500. The Morgan fingerprint density at radius 2 is 2.31 bits per heavy atom. The standard InChI is InChI=1S/C11H14BrN/c1-8-4-3-7-13-11-9(8)5-2-6-10(11)12/h2,5-6,8,13H,3-4,7H2,1H3. The molecule has 1 nitrogen and oxygen atoms in total. The van der Waals surface area contributed by atoms with Crippen LogP contribution in [0.4, 0.5) is 5.69 Å². The molecule has 70 valence electrons. The number of hydrogen-bond acceptors (Lipinski definition) is 1. The molecule has 0 spiro atoms. The van der Waals surface area contributed by atoms with Crippen LogP contribution in [0.2, 0.25) is 0 Å². The minimum atomic E-state index is 0.683. The summed E-state index contributed by atoms with van der Waals surface area (Å²) in [5.74, 6) is 0.683. The van der Waals surface area contributed by atoms with Crippen LogP contribution in [0, 0.1) is 0 Å². The third-order valence-electron chi connectivity index (χ3n) is 2.69. The number of rotatable bonds is 0. The molecule has 1 aromatic rings. The molecular formula is C11H14BrN. The van der Waals surface area contributed by atoms with Crippen LogP contribution < -0.4 is 5.32 Å². The zero-order valence-electron chi connectivity index (χ0n) is 7.81. The SMILES string of the molecule is CC1CCCNc2c(Br)cccc21. The van der Waals surface area contributed by atoms with Crippen molar-refractivity contribution in [2.24, 2.45) is 0 Å². The number of nitrogens with one attached hydrogen (secondary N) is 1. The van der Waals surface area contributed by atoms with E-state index in [1.165, 1.54) is 28.6 Å². The molecule has 0 amide bonds. The molecule has 1 unspecified atom stereocenters. The second-order valence-corrected chi connectivity index (χ2v) is 4.53. The van der Waals surface area contributed by atoms with E-state index in [1.54, 1.807) is 0 Å². The van der Waals surface area contributed by atoms with Gasteiger partial charge in [-0.15, -0.1) is 0 Å². The summed E-state index contributed by atoms with van der Waals surface area (Å²) in [5, 5.41) is 3.48. The molecule has 1 N–H and O–H groups in total. The van der Waals surface area contributed by atoms with Crippen LogP contribution in [0.25, 0.3) is 0 Å². The average Bonchev–Trinajstić information content (AvgIpc) is 2.30. The van der Waals surface area contributed by atoms with Gasteiger partial charge in [-0.2, -0.15) is 0 Å². The van der Waals surface area contributed by atoms with Gasteiger partial charge in [-0.1, -0.05) is 19.1 Å². The van der Waals surface area contributed by atoms with Crippen LogP contribution in [-0.2, 0) is 0 Å². The molecule has 0 radical (unpaired) electrons. The van der Waals surface area contributed by atoms with Crippen LogP contribution in [0.3, 0.4) is 0 Å². The summed E-state index contributed by atoms with van der Waals surface area (Å²) >= 11 is 3.58. The van der Waals surface area contributed by atoms with Gasteiger partial charge < -0.3 is 5.32 Å². The number of hydrogen-bond donors (Lipinski definition) is 1. The summed E-state index contributed by atoms with van der Waals surface area (Å²) in [7, 11) is 0. The van der Waals surface area contributed by atoms with Crippen molar-refractivity contribution in [3.8, 4) is 0 Å². The molecule has 13 heavy (non-hydrogen) atoms. The topological polar surface area (TPSA) is 12.0 Å². The zero-order chi connectivity index (χ0) is 9.26. The van der Waals surface area contributed by atoms with Crippen molar-refractivity contribution in [2.45, 2.75) is 25.7 Å². The quantitative estimate of drug-likeness (QED) is 0.728. The van der Waals surface area contributed by atoms with Gasteiger partial charge in [-0.05, 0) is 46.3 Å². The molecule has 0 aromatic heterocycles. The lowest BCUT2D eigenvalue weighted by molar-refractivity contribution is 0.667. The Labute approximate surface area is 87.7 Å². The summed E-state index contributed by atoms with van der Waals surface area (Å²) in [4.78, 5) is 0. The molecule has 0 aliphatic carbocycles. The van der Waals surface area contributed by atoms with Crippen molar-refractivity contribution in [2.75, 3.05) is 11.9 Å². The first kappa shape index (κ1) is 9.07. The van der Waals surface area contributed by atoms with Crippen molar-refractivity contribution < 1.29 is 0 Å². The first-order valence-electron chi connectivity index (χ1n) is 4.81. The summed E-state index contributed by atoms with van der Waals surface area (Å²) in [6, 6.07) is 6.44. The number of fused-ring (bicyclic) bond motifs is 1. The minimum Gasteiger partial charge on any atom is -0.384 e. The number of benzene rings is 1. The molecular weight excluding hydrogens is 226 g/mol. The zero-order valence-corrected chi connectivity index (χ0v) is 9.39. The summed E-state index contributed by atoms with van der Waals surface area (Å²) in [6.45, 7) is 3.40. The first-order chi connectivity index (χ1) is 6.29. The number of para-hydroxylation sites is 1. The predicted octanol–water partition coefficient (Wildman–Crippen LogP) is 3.76. The Morgan fingerprint density at radius 1 is 1.46 bits per heavy atom. The van der Waals surface area contributed by atoms with Gasteiger partial charge in [-0.3, -0.25) is 0 Å². The Balaban J connectivity index is 2.47. The minimum absolute atomic E-state index is 0.683. The third-order valence-corrected chi connectivity index (χ3v) is 3.35. The van der Waals surface area contributed by atoms with E-state index in [1.807, 2.05) is 0 Å². The molecule has 2 heteroatoms. The molecule has 1 aliphatic rings. The highest BCUT2D eigenvalue weighted by atomic mass is 79.9. The first-order valence-corrected chi connectivity index (χ1v) is 5.60. The van der Waals surface area contributed by atoms with Gasteiger partial charge in [0.05, 0.1) is 5.69 Å².